The number of aliphatic hydroxyl groups excluding tert-OH is 1. The molecule has 5 heteroatoms. The maximum Gasteiger partial charge on any atom is 0.101 e. The van der Waals surface area contributed by atoms with Crippen LogP contribution in [0.15, 0.2) is 0 Å². The Labute approximate surface area is 97.9 Å². The van der Waals surface area contributed by atoms with Gasteiger partial charge in [0.15, 0.2) is 0 Å². The number of hydrogen-bond acceptors (Lipinski definition) is 5. The molecule has 0 radical (unpaired) electrons. The summed E-state index contributed by atoms with van der Waals surface area (Å²) in [6.45, 7) is 5.90. The fraction of sp³-hybridized carbons (Fsp3) is 1.00. The third-order valence-electron chi connectivity index (χ3n) is 2.55. The molecule has 0 aliphatic rings. The number of rotatable bonds is 10. The van der Waals surface area contributed by atoms with Crippen molar-refractivity contribution >= 4 is 0 Å². The average Bonchev–Trinajstić information content (AvgIpc) is 2.31. The SMILES string of the molecule is CCC(C)(CN)OCC(O)COCCOC. The summed E-state index contributed by atoms with van der Waals surface area (Å²) >= 11 is 0. The van der Waals surface area contributed by atoms with Crippen LogP contribution in [0.25, 0.3) is 0 Å². The number of hydrogen-bond donors (Lipinski definition) is 2. The Morgan fingerprint density at radius 1 is 1.31 bits per heavy atom. The van der Waals surface area contributed by atoms with Gasteiger partial charge in [0.25, 0.3) is 0 Å². The molecule has 0 saturated carbocycles. The Balaban J connectivity index is 3.59. The molecule has 0 aliphatic heterocycles. The van der Waals surface area contributed by atoms with E-state index in [0.717, 1.165) is 6.42 Å². The third-order valence-corrected chi connectivity index (χ3v) is 2.55. The van der Waals surface area contributed by atoms with Crippen molar-refractivity contribution in [3.8, 4) is 0 Å². The van der Waals surface area contributed by atoms with Gasteiger partial charge in [-0.15, -0.1) is 0 Å². The van der Waals surface area contributed by atoms with Crippen molar-refractivity contribution in [2.24, 2.45) is 5.73 Å². The van der Waals surface area contributed by atoms with E-state index in [4.69, 9.17) is 19.9 Å². The summed E-state index contributed by atoms with van der Waals surface area (Å²) in [6.07, 6.45) is 0.204. The lowest BCUT2D eigenvalue weighted by molar-refractivity contribution is -0.0866. The van der Waals surface area contributed by atoms with E-state index in [1.54, 1.807) is 7.11 Å². The molecule has 0 heterocycles. The van der Waals surface area contributed by atoms with E-state index >= 15 is 0 Å². The lowest BCUT2D eigenvalue weighted by Gasteiger charge is -2.28. The summed E-state index contributed by atoms with van der Waals surface area (Å²) in [5.41, 5.74) is 5.24. The van der Waals surface area contributed by atoms with Gasteiger partial charge < -0.3 is 25.1 Å². The molecule has 2 atom stereocenters. The molecule has 16 heavy (non-hydrogen) atoms. The van der Waals surface area contributed by atoms with Gasteiger partial charge in [-0.1, -0.05) is 6.92 Å². The van der Waals surface area contributed by atoms with Gasteiger partial charge in [0.1, 0.15) is 6.10 Å². The molecule has 0 rings (SSSR count). The van der Waals surface area contributed by atoms with E-state index in [2.05, 4.69) is 0 Å². The van der Waals surface area contributed by atoms with E-state index in [9.17, 15) is 5.11 Å². The fourth-order valence-corrected chi connectivity index (χ4v) is 1.01. The molecule has 0 saturated heterocycles. The van der Waals surface area contributed by atoms with Crippen LogP contribution in [-0.2, 0) is 14.2 Å². The summed E-state index contributed by atoms with van der Waals surface area (Å²) in [5, 5.41) is 9.57. The Hall–Kier alpha value is -0.200. The lowest BCUT2D eigenvalue weighted by Crippen LogP contribution is -2.39. The van der Waals surface area contributed by atoms with Crippen molar-refractivity contribution in [1.29, 1.82) is 0 Å². The highest BCUT2D eigenvalue weighted by Crippen LogP contribution is 2.13. The number of nitrogens with two attached hydrogens (primary N) is 1. The first-order chi connectivity index (χ1) is 7.58. The topological polar surface area (TPSA) is 73.9 Å². The molecule has 0 aliphatic carbocycles. The summed E-state index contributed by atoms with van der Waals surface area (Å²) in [7, 11) is 1.61. The molecule has 5 nitrogen and oxygen atoms in total. The average molecular weight is 235 g/mol. The molecule has 0 spiro atoms. The number of methoxy groups -OCH3 is 1. The molecule has 0 amide bonds. The zero-order valence-corrected chi connectivity index (χ0v) is 10.6. The van der Waals surface area contributed by atoms with Crippen molar-refractivity contribution in [2.45, 2.75) is 32.0 Å². The summed E-state index contributed by atoms with van der Waals surface area (Å²) in [5.74, 6) is 0. The minimum absolute atomic E-state index is 0.245. The van der Waals surface area contributed by atoms with E-state index in [0.29, 0.717) is 19.8 Å². The van der Waals surface area contributed by atoms with Crippen LogP contribution in [0.5, 0.6) is 0 Å². The second-order valence-electron chi connectivity index (χ2n) is 4.04. The van der Waals surface area contributed by atoms with Crippen LogP contribution in [0.3, 0.4) is 0 Å². The van der Waals surface area contributed by atoms with E-state index < -0.39 is 6.10 Å². The Morgan fingerprint density at radius 3 is 2.50 bits per heavy atom. The van der Waals surface area contributed by atoms with Crippen molar-refractivity contribution in [1.82, 2.24) is 0 Å². The number of aliphatic hydroxyl groups is 1. The first kappa shape index (κ1) is 15.8. The van der Waals surface area contributed by atoms with Crippen LogP contribution in [-0.4, -0.2) is 56.9 Å². The summed E-state index contributed by atoms with van der Waals surface area (Å²) in [6, 6.07) is 0. The van der Waals surface area contributed by atoms with Gasteiger partial charge >= 0.3 is 0 Å². The van der Waals surface area contributed by atoms with Crippen LogP contribution in [0, 0.1) is 0 Å². The zero-order chi connectivity index (χ0) is 12.4. The van der Waals surface area contributed by atoms with Gasteiger partial charge in [0.05, 0.1) is 32.0 Å². The lowest BCUT2D eigenvalue weighted by atomic mass is 10.0. The first-order valence-electron chi connectivity index (χ1n) is 5.66. The highest BCUT2D eigenvalue weighted by Gasteiger charge is 2.21. The molecule has 0 bridgehead atoms. The molecule has 0 aromatic carbocycles. The maximum absolute atomic E-state index is 9.57. The van der Waals surface area contributed by atoms with Crippen LogP contribution in [0.2, 0.25) is 0 Å². The first-order valence-corrected chi connectivity index (χ1v) is 5.66. The molecule has 0 fully saturated rings. The molecular formula is C11H25NO4. The quantitative estimate of drug-likeness (QED) is 0.527. The van der Waals surface area contributed by atoms with E-state index in [-0.39, 0.29) is 18.8 Å². The predicted octanol–water partition coefficient (Wildman–Crippen LogP) is 0.154. The summed E-state index contributed by atoms with van der Waals surface area (Å²) < 4.78 is 15.6. The maximum atomic E-state index is 9.57. The van der Waals surface area contributed by atoms with Crippen LogP contribution in [0.4, 0.5) is 0 Å². The molecule has 2 unspecified atom stereocenters. The van der Waals surface area contributed by atoms with Crippen LogP contribution < -0.4 is 5.73 Å². The highest BCUT2D eigenvalue weighted by atomic mass is 16.5. The second-order valence-corrected chi connectivity index (χ2v) is 4.04. The Morgan fingerprint density at radius 2 is 2.00 bits per heavy atom. The molecule has 0 aromatic heterocycles. The van der Waals surface area contributed by atoms with Crippen molar-refractivity contribution in [3.63, 3.8) is 0 Å². The van der Waals surface area contributed by atoms with Crippen molar-refractivity contribution in [3.05, 3.63) is 0 Å². The van der Waals surface area contributed by atoms with E-state index in [1.807, 2.05) is 13.8 Å². The minimum atomic E-state index is -0.616. The molecule has 0 aromatic rings. The fourth-order valence-electron chi connectivity index (χ4n) is 1.01. The predicted molar refractivity (Wildman–Crippen MR) is 62.4 cm³/mol. The Kier molecular flexibility index (Phi) is 8.78. The van der Waals surface area contributed by atoms with Gasteiger partial charge in [-0.3, -0.25) is 0 Å². The largest absolute Gasteiger partial charge is 0.388 e. The van der Waals surface area contributed by atoms with Crippen LogP contribution >= 0.6 is 0 Å². The van der Waals surface area contributed by atoms with Crippen molar-refractivity contribution < 1.29 is 19.3 Å². The summed E-state index contributed by atoms with van der Waals surface area (Å²) in [4.78, 5) is 0. The minimum Gasteiger partial charge on any atom is -0.388 e. The van der Waals surface area contributed by atoms with Gasteiger partial charge in [0.2, 0.25) is 0 Å². The second kappa shape index (κ2) is 8.90. The highest BCUT2D eigenvalue weighted by molar-refractivity contribution is 4.74. The smallest absolute Gasteiger partial charge is 0.101 e. The molecule has 3 N–H and O–H groups in total. The molecule has 98 valence electrons. The normalized spacial score (nSPS) is 17.1. The molecular weight excluding hydrogens is 210 g/mol. The number of ether oxygens (including phenoxy) is 3. The van der Waals surface area contributed by atoms with Gasteiger partial charge in [-0.2, -0.15) is 0 Å². The van der Waals surface area contributed by atoms with Crippen LogP contribution in [0.1, 0.15) is 20.3 Å². The van der Waals surface area contributed by atoms with Crippen molar-refractivity contribution in [2.75, 3.05) is 40.1 Å². The Bertz CT molecular complexity index is 162. The third kappa shape index (κ3) is 7.14. The van der Waals surface area contributed by atoms with Gasteiger partial charge in [-0.05, 0) is 13.3 Å². The van der Waals surface area contributed by atoms with Gasteiger partial charge in [0, 0.05) is 13.7 Å². The zero-order valence-electron chi connectivity index (χ0n) is 10.6. The van der Waals surface area contributed by atoms with E-state index in [1.165, 1.54) is 0 Å². The standard InChI is InChI=1S/C11H25NO4/c1-4-11(2,9-12)16-8-10(13)7-15-6-5-14-3/h10,13H,4-9,12H2,1-3H3. The van der Waals surface area contributed by atoms with Gasteiger partial charge in [-0.25, -0.2) is 0 Å². The monoisotopic (exact) mass is 235 g/mol.